The molecule has 1 aliphatic rings. The number of carboxylic acids is 1. The van der Waals surface area contributed by atoms with E-state index in [2.05, 4.69) is 11.0 Å². The fourth-order valence-corrected chi connectivity index (χ4v) is 6.02. The summed E-state index contributed by atoms with van der Waals surface area (Å²) in [5.41, 5.74) is 0. The predicted molar refractivity (Wildman–Crippen MR) is 85.9 cm³/mol. The van der Waals surface area contributed by atoms with Crippen LogP contribution in [-0.4, -0.2) is 37.0 Å². The van der Waals surface area contributed by atoms with Gasteiger partial charge in [-0.1, -0.05) is 0 Å². The number of aryl methyl sites for hydroxylation is 1. The summed E-state index contributed by atoms with van der Waals surface area (Å²) in [5, 5.41) is 9.58. The molecule has 21 heavy (non-hydrogen) atoms. The Morgan fingerprint density at radius 1 is 1.38 bits per heavy atom. The monoisotopic (exact) mass is 349 g/mol. The van der Waals surface area contributed by atoms with Crippen LogP contribution >= 0.6 is 23.1 Å². The van der Waals surface area contributed by atoms with E-state index in [-0.39, 0.29) is 15.8 Å². The van der Waals surface area contributed by atoms with Gasteiger partial charge in [-0.3, -0.25) is 0 Å². The van der Waals surface area contributed by atoms with Crippen LogP contribution in [0.4, 0.5) is 0 Å². The third-order valence-corrected chi connectivity index (χ3v) is 7.65. The molecule has 2 rings (SSSR count). The Morgan fingerprint density at radius 3 is 2.48 bits per heavy atom. The van der Waals surface area contributed by atoms with Crippen molar-refractivity contribution in [1.29, 1.82) is 0 Å². The van der Waals surface area contributed by atoms with E-state index in [9.17, 15) is 13.2 Å². The van der Waals surface area contributed by atoms with E-state index in [4.69, 9.17) is 5.11 Å². The Kier molecular flexibility index (Phi) is 5.34. The molecule has 0 spiro atoms. The first kappa shape index (κ1) is 16.8. The van der Waals surface area contributed by atoms with E-state index < -0.39 is 16.0 Å². The van der Waals surface area contributed by atoms with Gasteiger partial charge in [0.25, 0.3) is 0 Å². The number of carbonyl (C=O) groups is 1. The standard InChI is InChI=1S/C13H19NO4S3/c1-8-12(7-11(20-8)13(15)16)21(17,18)14-9-3-5-10(19-2)6-4-9/h7,9-10,14H,3-6H2,1-2H3,(H,15,16). The average molecular weight is 349 g/mol. The summed E-state index contributed by atoms with van der Waals surface area (Å²) in [6.07, 6.45) is 5.77. The molecule has 0 aliphatic heterocycles. The number of nitrogens with one attached hydrogen (secondary N) is 1. The number of rotatable bonds is 5. The lowest BCUT2D eigenvalue weighted by molar-refractivity contribution is 0.0702. The van der Waals surface area contributed by atoms with Gasteiger partial charge in [-0.2, -0.15) is 11.8 Å². The van der Waals surface area contributed by atoms with Gasteiger partial charge in [0.1, 0.15) is 4.88 Å². The van der Waals surface area contributed by atoms with Gasteiger partial charge in [0, 0.05) is 16.2 Å². The highest BCUT2D eigenvalue weighted by molar-refractivity contribution is 7.99. The maximum absolute atomic E-state index is 12.4. The number of sulfonamides is 1. The first-order valence-electron chi connectivity index (χ1n) is 6.72. The topological polar surface area (TPSA) is 83.5 Å². The molecule has 0 aromatic carbocycles. The zero-order chi connectivity index (χ0) is 15.6. The first-order chi connectivity index (χ1) is 9.83. The van der Waals surface area contributed by atoms with Crippen LogP contribution in [0.1, 0.15) is 40.2 Å². The third kappa shape index (κ3) is 4.00. The molecule has 1 aromatic rings. The fourth-order valence-electron chi connectivity index (χ4n) is 2.54. The van der Waals surface area contributed by atoms with Crippen LogP contribution in [0.15, 0.2) is 11.0 Å². The fraction of sp³-hybridized carbons (Fsp3) is 0.615. The van der Waals surface area contributed by atoms with Crippen LogP contribution in [0.3, 0.4) is 0 Å². The van der Waals surface area contributed by atoms with Gasteiger partial charge < -0.3 is 5.11 Å². The maximum Gasteiger partial charge on any atom is 0.345 e. The van der Waals surface area contributed by atoms with Gasteiger partial charge >= 0.3 is 5.97 Å². The second-order valence-corrected chi connectivity index (χ2v) is 9.24. The lowest BCUT2D eigenvalue weighted by atomic mass is 9.96. The number of hydrogen-bond donors (Lipinski definition) is 2. The zero-order valence-corrected chi connectivity index (χ0v) is 14.4. The predicted octanol–water partition coefficient (Wildman–Crippen LogP) is 2.71. The van der Waals surface area contributed by atoms with Crippen LogP contribution in [0.2, 0.25) is 0 Å². The molecule has 0 unspecified atom stereocenters. The van der Waals surface area contributed by atoms with Crippen molar-refractivity contribution in [2.75, 3.05) is 6.26 Å². The molecule has 2 N–H and O–H groups in total. The second-order valence-electron chi connectivity index (χ2n) is 5.17. The maximum atomic E-state index is 12.4. The average Bonchev–Trinajstić information content (AvgIpc) is 2.82. The van der Waals surface area contributed by atoms with Crippen LogP contribution in [-0.2, 0) is 10.0 Å². The molecule has 8 heteroatoms. The van der Waals surface area contributed by atoms with Crippen molar-refractivity contribution in [2.45, 2.75) is 48.8 Å². The second kappa shape index (κ2) is 6.68. The smallest absolute Gasteiger partial charge is 0.345 e. The van der Waals surface area contributed by atoms with Gasteiger partial charge in [-0.05, 0) is 44.9 Å². The molecule has 1 fully saturated rings. The molecule has 1 aromatic heterocycles. The molecule has 0 saturated heterocycles. The number of aromatic carboxylic acids is 1. The number of thiophene rings is 1. The Hall–Kier alpha value is -0.570. The molecular formula is C13H19NO4S3. The Bertz CT molecular complexity index is 615. The van der Waals surface area contributed by atoms with Gasteiger partial charge in [0.2, 0.25) is 10.0 Å². The molecule has 0 atom stereocenters. The Labute approximate surface area is 133 Å². The molecule has 118 valence electrons. The van der Waals surface area contributed by atoms with E-state index in [0.717, 1.165) is 37.0 Å². The van der Waals surface area contributed by atoms with Crippen molar-refractivity contribution in [2.24, 2.45) is 0 Å². The normalized spacial score (nSPS) is 23.1. The first-order valence-corrected chi connectivity index (χ1v) is 10.3. The van der Waals surface area contributed by atoms with Crippen LogP contribution in [0.25, 0.3) is 0 Å². The van der Waals surface area contributed by atoms with E-state index in [1.54, 1.807) is 6.92 Å². The van der Waals surface area contributed by atoms with Crippen molar-refractivity contribution >= 4 is 39.1 Å². The quantitative estimate of drug-likeness (QED) is 0.854. The highest BCUT2D eigenvalue weighted by Crippen LogP contribution is 2.29. The van der Waals surface area contributed by atoms with Crippen molar-refractivity contribution < 1.29 is 18.3 Å². The molecule has 1 aliphatic carbocycles. The van der Waals surface area contributed by atoms with Crippen molar-refractivity contribution in [3.8, 4) is 0 Å². The molecule has 0 radical (unpaired) electrons. The lowest BCUT2D eigenvalue weighted by Crippen LogP contribution is -2.38. The number of thioether (sulfide) groups is 1. The minimum Gasteiger partial charge on any atom is -0.477 e. The summed E-state index contributed by atoms with van der Waals surface area (Å²) < 4.78 is 27.5. The van der Waals surface area contributed by atoms with Crippen LogP contribution in [0.5, 0.6) is 0 Å². The Morgan fingerprint density at radius 2 is 2.00 bits per heavy atom. The summed E-state index contributed by atoms with van der Waals surface area (Å²) in [4.78, 5) is 11.6. The summed E-state index contributed by atoms with van der Waals surface area (Å²) >= 11 is 2.82. The highest BCUT2D eigenvalue weighted by atomic mass is 32.2. The Balaban J connectivity index is 2.10. The largest absolute Gasteiger partial charge is 0.477 e. The van der Waals surface area contributed by atoms with Crippen molar-refractivity contribution in [1.82, 2.24) is 4.72 Å². The van der Waals surface area contributed by atoms with Gasteiger partial charge in [0.15, 0.2) is 0 Å². The van der Waals surface area contributed by atoms with E-state index in [1.807, 2.05) is 11.8 Å². The number of hydrogen-bond acceptors (Lipinski definition) is 5. The van der Waals surface area contributed by atoms with Crippen LogP contribution < -0.4 is 4.72 Å². The van der Waals surface area contributed by atoms with Crippen molar-refractivity contribution in [3.63, 3.8) is 0 Å². The van der Waals surface area contributed by atoms with E-state index in [1.165, 1.54) is 6.07 Å². The minimum absolute atomic E-state index is 0.0500. The lowest BCUT2D eigenvalue weighted by Gasteiger charge is -2.27. The van der Waals surface area contributed by atoms with Gasteiger partial charge in [-0.15, -0.1) is 11.3 Å². The molecule has 0 amide bonds. The molecule has 5 nitrogen and oxygen atoms in total. The molecule has 1 saturated carbocycles. The minimum atomic E-state index is -3.64. The van der Waals surface area contributed by atoms with Gasteiger partial charge in [-0.25, -0.2) is 17.9 Å². The van der Waals surface area contributed by atoms with Crippen molar-refractivity contribution in [3.05, 3.63) is 15.8 Å². The number of carboxylic acid groups (broad SMARTS) is 1. The molecular weight excluding hydrogens is 330 g/mol. The summed E-state index contributed by atoms with van der Waals surface area (Å²) in [6, 6.07) is 1.20. The summed E-state index contributed by atoms with van der Waals surface area (Å²) in [5.74, 6) is -1.09. The zero-order valence-electron chi connectivity index (χ0n) is 12.0. The van der Waals surface area contributed by atoms with E-state index in [0.29, 0.717) is 10.1 Å². The van der Waals surface area contributed by atoms with Crippen LogP contribution in [0, 0.1) is 6.92 Å². The summed E-state index contributed by atoms with van der Waals surface area (Å²) in [7, 11) is -3.64. The molecule has 0 bridgehead atoms. The molecule has 1 heterocycles. The third-order valence-electron chi connectivity index (χ3n) is 3.70. The highest BCUT2D eigenvalue weighted by Gasteiger charge is 2.28. The van der Waals surface area contributed by atoms with Gasteiger partial charge in [0.05, 0.1) is 4.90 Å². The summed E-state index contributed by atoms with van der Waals surface area (Å²) in [6.45, 7) is 1.64. The SMILES string of the molecule is CSC1CCC(NS(=O)(=O)c2cc(C(=O)O)sc2C)CC1. The van der Waals surface area contributed by atoms with E-state index >= 15 is 0 Å².